The van der Waals surface area contributed by atoms with Crippen LogP contribution < -0.4 is 4.74 Å². The number of hydrogen-bond acceptors (Lipinski definition) is 7. The van der Waals surface area contributed by atoms with Crippen molar-refractivity contribution in [1.82, 2.24) is 4.90 Å². The van der Waals surface area contributed by atoms with Crippen molar-refractivity contribution >= 4 is 46.3 Å². The van der Waals surface area contributed by atoms with E-state index in [1.165, 1.54) is 24.3 Å². The van der Waals surface area contributed by atoms with E-state index in [4.69, 9.17) is 16.3 Å². The van der Waals surface area contributed by atoms with E-state index in [1.54, 1.807) is 0 Å². The maximum absolute atomic E-state index is 14.0. The van der Waals surface area contributed by atoms with Crippen molar-refractivity contribution in [2.24, 2.45) is 0 Å². The minimum Gasteiger partial charge on any atom is -0.504 e. The van der Waals surface area contributed by atoms with Crippen molar-refractivity contribution in [3.63, 3.8) is 0 Å². The van der Waals surface area contributed by atoms with Crippen molar-refractivity contribution < 1.29 is 28.7 Å². The van der Waals surface area contributed by atoms with Crippen LogP contribution in [0.5, 0.6) is 11.5 Å². The van der Waals surface area contributed by atoms with Crippen LogP contribution in [0.2, 0.25) is 5.02 Å². The number of halogens is 2. The minimum absolute atomic E-state index is 0.0185. The molecular weight excluding hydrogens is 427 g/mol. The number of ether oxygens (including phenoxy) is 1. The zero-order valence-electron chi connectivity index (χ0n) is 14.7. The van der Waals surface area contributed by atoms with Gasteiger partial charge in [-0.3, -0.25) is 24.6 Å². The molecule has 29 heavy (non-hydrogen) atoms. The molecule has 0 radical (unpaired) electrons. The van der Waals surface area contributed by atoms with E-state index in [2.05, 4.69) is 0 Å². The molecule has 1 aliphatic rings. The number of benzene rings is 2. The molecule has 0 saturated carbocycles. The fourth-order valence-corrected chi connectivity index (χ4v) is 3.75. The van der Waals surface area contributed by atoms with Gasteiger partial charge in [-0.25, -0.2) is 4.39 Å². The monoisotopic (exact) mass is 438 g/mol. The molecule has 150 valence electrons. The molecule has 0 spiro atoms. The lowest BCUT2D eigenvalue weighted by Gasteiger charge is -2.14. The van der Waals surface area contributed by atoms with Gasteiger partial charge in [0.15, 0.2) is 5.75 Å². The summed E-state index contributed by atoms with van der Waals surface area (Å²) in [5.41, 5.74) is -0.620. The van der Waals surface area contributed by atoms with Gasteiger partial charge in [0, 0.05) is 10.6 Å². The Balaban J connectivity index is 1.98. The highest BCUT2D eigenvalue weighted by atomic mass is 35.5. The van der Waals surface area contributed by atoms with Gasteiger partial charge in [0.1, 0.15) is 5.82 Å². The Kier molecular flexibility index (Phi) is 5.76. The molecule has 1 N–H and O–H groups in total. The molecule has 1 heterocycles. The molecule has 0 atom stereocenters. The number of nitrogens with zero attached hydrogens (tertiary/aromatic N) is 2. The van der Waals surface area contributed by atoms with Gasteiger partial charge >= 0.3 is 5.69 Å². The fraction of sp³-hybridized carbons (Fsp3) is 0.111. The average Bonchev–Trinajstić information content (AvgIpc) is 2.92. The first-order chi connectivity index (χ1) is 13.7. The number of aromatic hydroxyl groups is 1. The highest BCUT2D eigenvalue weighted by Crippen LogP contribution is 2.42. The third-order valence-corrected chi connectivity index (χ3v) is 5.33. The SMILES string of the molecule is COc1c(O)ccc(/C=C2\SC(=O)N(Cc3c(F)cccc3Cl)C2=O)c1[N+](=O)[O-]. The predicted molar refractivity (Wildman–Crippen MR) is 104 cm³/mol. The molecule has 0 unspecified atom stereocenters. The summed E-state index contributed by atoms with van der Waals surface area (Å²) in [6, 6.07) is 6.37. The minimum atomic E-state index is -0.770. The van der Waals surface area contributed by atoms with Crippen LogP contribution in [0.4, 0.5) is 14.9 Å². The van der Waals surface area contributed by atoms with E-state index >= 15 is 0 Å². The lowest BCUT2D eigenvalue weighted by atomic mass is 10.1. The number of imide groups is 1. The molecule has 0 aliphatic carbocycles. The zero-order valence-corrected chi connectivity index (χ0v) is 16.3. The molecule has 2 amide bonds. The van der Waals surface area contributed by atoms with Crippen molar-refractivity contribution in [2.45, 2.75) is 6.54 Å². The standard InChI is InChI=1S/C18H12ClFN2O6S/c1-28-16-13(23)6-5-9(15(16)22(26)27)7-14-17(24)21(18(25)29-14)8-10-11(19)3-2-4-12(10)20/h2-7,23H,8H2,1H3/b14-7-. The normalized spacial score (nSPS) is 15.3. The second kappa shape index (κ2) is 8.10. The van der Waals surface area contributed by atoms with Gasteiger partial charge in [0.2, 0.25) is 5.75 Å². The number of nitro groups is 1. The lowest BCUT2D eigenvalue weighted by Crippen LogP contribution is -2.28. The summed E-state index contributed by atoms with van der Waals surface area (Å²) < 4.78 is 18.9. The van der Waals surface area contributed by atoms with Gasteiger partial charge < -0.3 is 9.84 Å². The summed E-state index contributed by atoms with van der Waals surface area (Å²) in [4.78, 5) is 36.3. The van der Waals surface area contributed by atoms with E-state index in [0.29, 0.717) is 11.8 Å². The molecule has 2 aromatic carbocycles. The molecule has 0 bridgehead atoms. The number of nitro benzene ring substituents is 1. The van der Waals surface area contributed by atoms with Crippen molar-refractivity contribution in [1.29, 1.82) is 0 Å². The van der Waals surface area contributed by atoms with Crippen LogP contribution in [0.25, 0.3) is 6.08 Å². The number of hydrogen-bond donors (Lipinski definition) is 1. The molecule has 3 rings (SSSR count). The number of phenolic OH excluding ortho intramolecular Hbond substituents is 1. The lowest BCUT2D eigenvalue weighted by molar-refractivity contribution is -0.386. The molecule has 0 aromatic heterocycles. The topological polar surface area (TPSA) is 110 Å². The second-order valence-corrected chi connectivity index (χ2v) is 7.18. The highest BCUT2D eigenvalue weighted by Gasteiger charge is 2.37. The molecule has 11 heteroatoms. The van der Waals surface area contributed by atoms with E-state index in [-0.39, 0.29) is 33.3 Å². The zero-order chi connectivity index (χ0) is 21.3. The van der Waals surface area contributed by atoms with Gasteiger partial charge in [0.05, 0.1) is 29.0 Å². The fourth-order valence-electron chi connectivity index (χ4n) is 2.70. The smallest absolute Gasteiger partial charge is 0.322 e. The van der Waals surface area contributed by atoms with Crippen molar-refractivity contribution in [3.05, 3.63) is 67.3 Å². The number of phenols is 1. The largest absolute Gasteiger partial charge is 0.504 e. The van der Waals surface area contributed by atoms with E-state index in [9.17, 15) is 29.2 Å². The van der Waals surface area contributed by atoms with E-state index in [0.717, 1.165) is 24.2 Å². The summed E-state index contributed by atoms with van der Waals surface area (Å²) in [6.45, 7) is -0.380. The summed E-state index contributed by atoms with van der Waals surface area (Å²) in [5.74, 6) is -2.24. The molecule has 1 fully saturated rings. The molecular formula is C18H12ClFN2O6S. The molecule has 1 aliphatic heterocycles. The first-order valence-corrected chi connectivity index (χ1v) is 9.16. The average molecular weight is 439 g/mol. The van der Waals surface area contributed by atoms with Gasteiger partial charge in [-0.2, -0.15) is 0 Å². The Bertz CT molecular complexity index is 1050. The second-order valence-electron chi connectivity index (χ2n) is 5.78. The van der Waals surface area contributed by atoms with Crippen LogP contribution in [-0.2, 0) is 11.3 Å². The van der Waals surface area contributed by atoms with Crippen LogP contribution in [0.15, 0.2) is 35.2 Å². The van der Waals surface area contributed by atoms with Gasteiger partial charge in [-0.15, -0.1) is 0 Å². The Morgan fingerprint density at radius 1 is 1.34 bits per heavy atom. The molecule has 8 nitrogen and oxygen atoms in total. The predicted octanol–water partition coefficient (Wildman–Crippen LogP) is 4.34. The number of rotatable bonds is 5. The van der Waals surface area contributed by atoms with Crippen LogP contribution >= 0.6 is 23.4 Å². The van der Waals surface area contributed by atoms with E-state index < -0.39 is 33.3 Å². The third-order valence-electron chi connectivity index (χ3n) is 4.07. The van der Waals surface area contributed by atoms with Crippen molar-refractivity contribution in [3.8, 4) is 11.5 Å². The summed E-state index contributed by atoms with van der Waals surface area (Å²) in [5, 5.41) is 20.5. The first-order valence-electron chi connectivity index (χ1n) is 7.97. The van der Waals surface area contributed by atoms with Crippen LogP contribution in [-0.4, -0.2) is 33.2 Å². The number of methoxy groups -OCH3 is 1. The van der Waals surface area contributed by atoms with Gasteiger partial charge in [0.25, 0.3) is 11.1 Å². The van der Waals surface area contributed by atoms with Gasteiger partial charge in [-0.05, 0) is 42.1 Å². The first kappa shape index (κ1) is 20.6. The highest BCUT2D eigenvalue weighted by molar-refractivity contribution is 8.18. The van der Waals surface area contributed by atoms with Crippen LogP contribution in [0.3, 0.4) is 0 Å². The number of carbonyl (C=O) groups excluding carboxylic acids is 2. The van der Waals surface area contributed by atoms with Crippen LogP contribution in [0.1, 0.15) is 11.1 Å². The Labute approximate surface area is 172 Å². The number of amides is 2. The maximum atomic E-state index is 14.0. The number of thioether (sulfide) groups is 1. The summed E-state index contributed by atoms with van der Waals surface area (Å²) in [7, 11) is 1.15. The quantitative estimate of drug-likeness (QED) is 0.420. The van der Waals surface area contributed by atoms with Gasteiger partial charge in [-0.1, -0.05) is 17.7 Å². The number of carbonyl (C=O) groups is 2. The summed E-state index contributed by atoms with van der Waals surface area (Å²) in [6.07, 6.45) is 1.15. The Hall–Kier alpha value is -3.11. The van der Waals surface area contributed by atoms with E-state index in [1.807, 2.05) is 0 Å². The molecule has 2 aromatic rings. The maximum Gasteiger partial charge on any atom is 0.322 e. The van der Waals surface area contributed by atoms with Crippen molar-refractivity contribution in [2.75, 3.05) is 7.11 Å². The Morgan fingerprint density at radius 3 is 2.69 bits per heavy atom. The molecule has 1 saturated heterocycles. The third kappa shape index (κ3) is 3.89. The summed E-state index contributed by atoms with van der Waals surface area (Å²) >= 11 is 6.50. The van der Waals surface area contributed by atoms with Crippen LogP contribution in [0, 0.1) is 15.9 Å². The Morgan fingerprint density at radius 2 is 2.07 bits per heavy atom.